The van der Waals surface area contributed by atoms with E-state index in [9.17, 15) is 4.79 Å². The summed E-state index contributed by atoms with van der Waals surface area (Å²) in [6.07, 6.45) is 2.81. The van der Waals surface area contributed by atoms with Crippen molar-refractivity contribution >= 4 is 28.3 Å². The van der Waals surface area contributed by atoms with Crippen LogP contribution in [0.2, 0.25) is 0 Å². The lowest BCUT2D eigenvalue weighted by molar-refractivity contribution is 0.102. The summed E-state index contributed by atoms with van der Waals surface area (Å²) >= 11 is 0. The van der Waals surface area contributed by atoms with E-state index in [0.717, 1.165) is 48.3 Å². The van der Waals surface area contributed by atoms with Crippen LogP contribution in [0.1, 0.15) is 42.4 Å². The second-order valence-corrected chi connectivity index (χ2v) is 7.95. The molecule has 31 heavy (non-hydrogen) atoms. The number of benzene rings is 1. The standard InChI is InChI=1S/C24H34N6O/c1-6-22(29(4)5)21-14-18-16-26-23(15-20(18)27-21)28-24(31)17-8-10-19(11-9-17)30(7-2)13-12-25-3/h8-11,14-16,22,25,27H,6-7,12-13H2,1-5H3,(H,26,28,31). The third kappa shape index (κ3) is 5.42. The van der Waals surface area contributed by atoms with Crippen LogP contribution in [0.25, 0.3) is 10.9 Å². The number of rotatable bonds is 10. The Morgan fingerprint density at radius 1 is 1.16 bits per heavy atom. The Morgan fingerprint density at radius 3 is 2.52 bits per heavy atom. The van der Waals surface area contributed by atoms with Gasteiger partial charge in [0.25, 0.3) is 5.91 Å². The first-order valence-corrected chi connectivity index (χ1v) is 10.9. The smallest absolute Gasteiger partial charge is 0.256 e. The molecule has 0 fully saturated rings. The Labute approximate surface area is 184 Å². The van der Waals surface area contributed by atoms with Gasteiger partial charge in [-0.2, -0.15) is 0 Å². The molecule has 2 aromatic heterocycles. The number of amides is 1. The number of H-pyrrole nitrogens is 1. The number of nitrogens with zero attached hydrogens (tertiary/aromatic N) is 3. The van der Waals surface area contributed by atoms with Crippen molar-refractivity contribution < 1.29 is 4.79 Å². The number of pyridine rings is 1. The van der Waals surface area contributed by atoms with Crippen LogP contribution in [-0.4, -0.2) is 61.6 Å². The maximum Gasteiger partial charge on any atom is 0.256 e. The first-order valence-electron chi connectivity index (χ1n) is 10.9. The van der Waals surface area contributed by atoms with Crippen LogP contribution in [0.3, 0.4) is 0 Å². The Kier molecular flexibility index (Phi) is 7.65. The zero-order chi connectivity index (χ0) is 22.4. The highest BCUT2D eigenvalue weighted by atomic mass is 16.1. The number of fused-ring (bicyclic) bond motifs is 1. The molecule has 0 aliphatic heterocycles. The maximum absolute atomic E-state index is 12.7. The van der Waals surface area contributed by atoms with Gasteiger partial charge in [0.1, 0.15) is 5.82 Å². The van der Waals surface area contributed by atoms with Crippen molar-refractivity contribution in [3.05, 3.63) is 53.9 Å². The SMILES string of the molecule is CCC(c1cc2cnc(NC(=O)c3ccc(N(CC)CCNC)cc3)cc2[nH]1)N(C)C. The predicted octanol–water partition coefficient (Wildman–Crippen LogP) is 3.87. The molecular weight excluding hydrogens is 388 g/mol. The van der Waals surface area contributed by atoms with E-state index in [1.807, 2.05) is 37.4 Å². The summed E-state index contributed by atoms with van der Waals surface area (Å²) in [5.41, 5.74) is 3.85. The largest absolute Gasteiger partial charge is 0.371 e. The number of carbonyl (C=O) groups excluding carboxylic acids is 1. The number of hydrogen-bond acceptors (Lipinski definition) is 5. The minimum absolute atomic E-state index is 0.164. The van der Waals surface area contributed by atoms with E-state index in [-0.39, 0.29) is 5.91 Å². The van der Waals surface area contributed by atoms with Gasteiger partial charge in [0.05, 0.1) is 5.52 Å². The van der Waals surface area contributed by atoms with Crippen molar-refractivity contribution in [2.75, 3.05) is 51.0 Å². The molecule has 0 radical (unpaired) electrons. The molecule has 0 aliphatic rings. The lowest BCUT2D eigenvalue weighted by Gasteiger charge is -2.23. The molecule has 166 valence electrons. The second-order valence-electron chi connectivity index (χ2n) is 7.95. The normalized spacial score (nSPS) is 12.3. The number of nitrogens with one attached hydrogen (secondary N) is 3. The molecule has 0 spiro atoms. The molecule has 1 amide bonds. The Bertz CT molecular complexity index is 995. The summed E-state index contributed by atoms with van der Waals surface area (Å²) in [7, 11) is 6.11. The van der Waals surface area contributed by atoms with Gasteiger partial charge < -0.3 is 25.4 Å². The summed E-state index contributed by atoms with van der Waals surface area (Å²) in [5, 5.41) is 7.13. The lowest BCUT2D eigenvalue weighted by atomic mass is 10.1. The fourth-order valence-electron chi connectivity index (χ4n) is 3.89. The summed E-state index contributed by atoms with van der Waals surface area (Å²) < 4.78 is 0. The minimum atomic E-state index is -0.164. The Balaban J connectivity index is 1.72. The third-order valence-corrected chi connectivity index (χ3v) is 5.64. The zero-order valence-electron chi connectivity index (χ0n) is 19.2. The number of hydrogen-bond donors (Lipinski definition) is 3. The molecule has 3 aromatic rings. The fraction of sp³-hybridized carbons (Fsp3) is 0.417. The van der Waals surface area contributed by atoms with Gasteiger partial charge in [-0.05, 0) is 64.8 Å². The molecular formula is C24H34N6O. The van der Waals surface area contributed by atoms with Crippen LogP contribution >= 0.6 is 0 Å². The van der Waals surface area contributed by atoms with Crippen molar-refractivity contribution in [1.29, 1.82) is 0 Å². The van der Waals surface area contributed by atoms with Gasteiger partial charge in [-0.25, -0.2) is 4.98 Å². The van der Waals surface area contributed by atoms with E-state index in [2.05, 4.69) is 64.4 Å². The van der Waals surface area contributed by atoms with Gasteiger partial charge >= 0.3 is 0 Å². The third-order valence-electron chi connectivity index (χ3n) is 5.64. The van der Waals surface area contributed by atoms with Crippen LogP contribution in [0.5, 0.6) is 0 Å². The van der Waals surface area contributed by atoms with Gasteiger partial charge in [-0.1, -0.05) is 6.92 Å². The first kappa shape index (κ1) is 22.8. The fourth-order valence-corrected chi connectivity index (χ4v) is 3.89. The molecule has 0 aliphatic carbocycles. The van der Waals surface area contributed by atoms with Crippen molar-refractivity contribution in [2.45, 2.75) is 26.3 Å². The van der Waals surface area contributed by atoms with Crippen LogP contribution in [0, 0.1) is 0 Å². The Hall–Kier alpha value is -2.90. The highest BCUT2D eigenvalue weighted by Crippen LogP contribution is 2.26. The molecule has 0 saturated heterocycles. The molecule has 2 heterocycles. The molecule has 3 rings (SSSR count). The zero-order valence-corrected chi connectivity index (χ0v) is 19.2. The molecule has 3 N–H and O–H groups in total. The quantitative estimate of drug-likeness (QED) is 0.462. The molecule has 7 nitrogen and oxygen atoms in total. The van der Waals surface area contributed by atoms with Gasteiger partial charge in [-0.15, -0.1) is 0 Å². The molecule has 0 bridgehead atoms. The van der Waals surface area contributed by atoms with E-state index in [4.69, 9.17) is 0 Å². The van der Waals surface area contributed by atoms with Gasteiger partial charge in [0, 0.05) is 60.3 Å². The lowest BCUT2D eigenvalue weighted by Crippen LogP contribution is -2.30. The predicted molar refractivity (Wildman–Crippen MR) is 129 cm³/mol. The highest BCUT2D eigenvalue weighted by molar-refractivity contribution is 6.04. The van der Waals surface area contributed by atoms with E-state index in [0.29, 0.717) is 17.4 Å². The monoisotopic (exact) mass is 422 g/mol. The first-order chi connectivity index (χ1) is 15.0. The number of anilines is 2. The van der Waals surface area contributed by atoms with Gasteiger partial charge in [0.15, 0.2) is 0 Å². The summed E-state index contributed by atoms with van der Waals surface area (Å²) in [6.45, 7) is 7.06. The van der Waals surface area contributed by atoms with E-state index in [1.165, 1.54) is 0 Å². The minimum Gasteiger partial charge on any atom is -0.371 e. The Morgan fingerprint density at radius 2 is 1.90 bits per heavy atom. The van der Waals surface area contributed by atoms with Gasteiger partial charge in [-0.3, -0.25) is 4.79 Å². The number of aromatic amines is 1. The second kappa shape index (κ2) is 10.4. The number of aromatic nitrogens is 2. The van der Waals surface area contributed by atoms with E-state index >= 15 is 0 Å². The number of likely N-dealkylation sites (N-methyl/N-ethyl adjacent to an activating group) is 2. The average Bonchev–Trinajstić information content (AvgIpc) is 3.17. The van der Waals surface area contributed by atoms with Crippen LogP contribution in [0.4, 0.5) is 11.5 Å². The summed E-state index contributed by atoms with van der Waals surface area (Å²) in [4.78, 5) is 25.1. The summed E-state index contributed by atoms with van der Waals surface area (Å²) in [6, 6.07) is 12.1. The molecule has 1 unspecified atom stereocenters. The molecule has 1 aromatic carbocycles. The average molecular weight is 423 g/mol. The van der Waals surface area contributed by atoms with E-state index in [1.54, 1.807) is 6.20 Å². The van der Waals surface area contributed by atoms with E-state index < -0.39 is 0 Å². The van der Waals surface area contributed by atoms with Gasteiger partial charge in [0.2, 0.25) is 0 Å². The van der Waals surface area contributed by atoms with Crippen LogP contribution in [0.15, 0.2) is 42.6 Å². The summed E-state index contributed by atoms with van der Waals surface area (Å²) in [5.74, 6) is 0.375. The van der Waals surface area contributed by atoms with Crippen molar-refractivity contribution in [1.82, 2.24) is 20.2 Å². The molecule has 1 atom stereocenters. The van der Waals surface area contributed by atoms with Crippen molar-refractivity contribution in [3.8, 4) is 0 Å². The highest BCUT2D eigenvalue weighted by Gasteiger charge is 2.15. The number of carbonyl (C=O) groups is 1. The van der Waals surface area contributed by atoms with Crippen LogP contribution in [-0.2, 0) is 0 Å². The van der Waals surface area contributed by atoms with Crippen LogP contribution < -0.4 is 15.5 Å². The maximum atomic E-state index is 12.7. The van der Waals surface area contributed by atoms with Crippen molar-refractivity contribution in [2.24, 2.45) is 0 Å². The topological polar surface area (TPSA) is 76.3 Å². The molecule has 7 heteroatoms. The van der Waals surface area contributed by atoms with Crippen molar-refractivity contribution in [3.63, 3.8) is 0 Å². The molecule has 0 saturated carbocycles.